The molecule has 0 aromatic carbocycles. The predicted octanol–water partition coefficient (Wildman–Crippen LogP) is 0.117. The number of halogens is 1. The minimum Gasteiger partial charge on any atom is -0.394 e. The van der Waals surface area contributed by atoms with Gasteiger partial charge in [-0.3, -0.25) is 4.57 Å². The first-order valence-corrected chi connectivity index (χ1v) is 6.79. The van der Waals surface area contributed by atoms with Gasteiger partial charge in [-0.05, 0) is 13.8 Å². The van der Waals surface area contributed by atoms with E-state index in [2.05, 4.69) is 15.0 Å². The molecule has 0 saturated carbocycles. The second kappa shape index (κ2) is 6.63. The molecule has 2 aromatic heterocycles. The fourth-order valence-corrected chi connectivity index (χ4v) is 2.13. The molecule has 8 nitrogen and oxygen atoms in total. The van der Waals surface area contributed by atoms with Crippen LogP contribution in [0.15, 0.2) is 12.7 Å². The molecule has 2 aromatic rings. The Kier molecular flexibility index (Phi) is 5.07. The first kappa shape index (κ1) is 16.1. The van der Waals surface area contributed by atoms with Crippen molar-refractivity contribution in [1.29, 1.82) is 0 Å². The Labute approximate surface area is 126 Å². The minimum absolute atomic E-state index is 0.230. The summed E-state index contributed by atoms with van der Waals surface area (Å²) in [7, 11) is 0. The molecule has 0 saturated heterocycles. The molecule has 2 heterocycles. The van der Waals surface area contributed by atoms with Crippen LogP contribution in [-0.2, 0) is 4.74 Å². The summed E-state index contributed by atoms with van der Waals surface area (Å²) in [5, 5.41) is 28.7. The van der Waals surface area contributed by atoms with Crippen LogP contribution in [0.4, 0.5) is 0 Å². The summed E-state index contributed by atoms with van der Waals surface area (Å²) >= 11 is 5.92. The third-order valence-corrected chi connectivity index (χ3v) is 3.41. The largest absolute Gasteiger partial charge is 0.394 e. The van der Waals surface area contributed by atoms with Crippen molar-refractivity contribution in [2.45, 2.75) is 38.4 Å². The topological polar surface area (TPSA) is 114 Å². The first-order chi connectivity index (χ1) is 9.95. The number of imidazole rings is 1. The molecule has 0 bridgehead atoms. The average Bonchev–Trinajstić information content (AvgIpc) is 2.89. The van der Waals surface area contributed by atoms with E-state index < -0.39 is 31.1 Å². The van der Waals surface area contributed by atoms with Crippen molar-refractivity contribution in [3.63, 3.8) is 0 Å². The second-order valence-electron chi connectivity index (χ2n) is 4.68. The first-order valence-electron chi connectivity index (χ1n) is 6.41. The predicted molar refractivity (Wildman–Crippen MR) is 74.7 cm³/mol. The number of aliphatic hydroxyl groups excluding tert-OH is 3. The third kappa shape index (κ3) is 3.30. The quantitative estimate of drug-likeness (QED) is 0.648. The molecule has 0 fully saturated rings. The van der Waals surface area contributed by atoms with Gasteiger partial charge in [0.05, 0.1) is 19.0 Å². The van der Waals surface area contributed by atoms with Crippen LogP contribution in [-0.4, -0.2) is 59.8 Å². The summed E-state index contributed by atoms with van der Waals surface area (Å²) in [6.45, 7) is 2.69. The third-order valence-electron chi connectivity index (χ3n) is 3.13. The number of ether oxygens (including phenoxy) is 1. The van der Waals surface area contributed by atoms with E-state index in [4.69, 9.17) is 16.3 Å². The number of hydrogen-bond donors (Lipinski definition) is 3. The highest BCUT2D eigenvalue weighted by atomic mass is 35.5. The molecule has 9 heteroatoms. The molecule has 0 aliphatic carbocycles. The lowest BCUT2D eigenvalue weighted by atomic mass is 10.1. The molecule has 116 valence electrons. The van der Waals surface area contributed by atoms with Gasteiger partial charge in [-0.25, -0.2) is 15.0 Å². The molecule has 0 spiro atoms. The number of rotatable bonds is 6. The van der Waals surface area contributed by atoms with Gasteiger partial charge in [0.15, 0.2) is 10.8 Å². The average molecular weight is 317 g/mol. The molecule has 0 radical (unpaired) electrons. The molecule has 0 aliphatic heterocycles. The van der Waals surface area contributed by atoms with E-state index >= 15 is 0 Å². The maximum Gasteiger partial charge on any atom is 0.166 e. The molecule has 21 heavy (non-hydrogen) atoms. The van der Waals surface area contributed by atoms with E-state index in [0.29, 0.717) is 11.2 Å². The lowest BCUT2D eigenvalue weighted by Crippen LogP contribution is -2.41. The van der Waals surface area contributed by atoms with Crippen molar-refractivity contribution in [2.75, 3.05) is 6.61 Å². The van der Waals surface area contributed by atoms with Crippen molar-refractivity contribution >= 4 is 22.8 Å². The molecule has 0 amide bonds. The van der Waals surface area contributed by atoms with Crippen molar-refractivity contribution in [1.82, 2.24) is 19.5 Å². The van der Waals surface area contributed by atoms with E-state index in [0.717, 1.165) is 0 Å². The number of fused-ring (bicyclic) bond motifs is 1. The highest BCUT2D eigenvalue weighted by Gasteiger charge is 2.26. The normalized spacial score (nSPS) is 17.6. The Morgan fingerprint density at radius 2 is 2.00 bits per heavy atom. The Hall–Kier alpha value is -1.32. The van der Waals surface area contributed by atoms with Crippen molar-refractivity contribution < 1.29 is 20.1 Å². The van der Waals surface area contributed by atoms with Gasteiger partial charge in [-0.15, -0.1) is 0 Å². The number of nitrogens with zero attached hydrogens (tertiary/aromatic N) is 4. The van der Waals surface area contributed by atoms with E-state index in [-0.39, 0.29) is 5.15 Å². The number of aromatic nitrogens is 4. The van der Waals surface area contributed by atoms with Crippen LogP contribution >= 0.6 is 11.6 Å². The molecule has 3 N–H and O–H groups in total. The molecule has 2 rings (SSSR count). The fraction of sp³-hybridized carbons (Fsp3) is 0.583. The Balaban J connectivity index is 2.22. The van der Waals surface area contributed by atoms with Gasteiger partial charge in [-0.2, -0.15) is 0 Å². The minimum atomic E-state index is -1.20. The standard InChI is InChI=1S/C12H17ClN4O4/c1-6(19)10(20)8(3-18)21-7(2)17-5-16-9-11(13)14-4-15-12(9)17/h4-8,10,18-20H,3H2,1-2H3/t6?,7?,8-,10?/m1/s1. The van der Waals surface area contributed by atoms with E-state index in [9.17, 15) is 15.3 Å². The molecule has 3 unspecified atom stereocenters. The van der Waals surface area contributed by atoms with Crippen LogP contribution < -0.4 is 0 Å². The Morgan fingerprint density at radius 3 is 2.62 bits per heavy atom. The zero-order valence-corrected chi connectivity index (χ0v) is 12.3. The summed E-state index contributed by atoms with van der Waals surface area (Å²) in [5.41, 5.74) is 0.914. The molecular formula is C12H17ClN4O4. The van der Waals surface area contributed by atoms with Crippen LogP contribution in [0.25, 0.3) is 11.2 Å². The number of aliphatic hydroxyl groups is 3. The van der Waals surface area contributed by atoms with Crippen LogP contribution in [0.1, 0.15) is 20.1 Å². The SMILES string of the molecule is CC(O)C(O)[C@@H](CO)OC(C)n1cnc2c(Cl)ncnc21. The van der Waals surface area contributed by atoms with E-state index in [1.807, 2.05) is 0 Å². The summed E-state index contributed by atoms with van der Waals surface area (Å²) in [6.07, 6.45) is -0.944. The summed E-state index contributed by atoms with van der Waals surface area (Å²) in [6, 6.07) is 0. The molecule has 4 atom stereocenters. The summed E-state index contributed by atoms with van der Waals surface area (Å²) in [4.78, 5) is 12.0. The zero-order valence-electron chi connectivity index (χ0n) is 11.6. The van der Waals surface area contributed by atoms with Crippen LogP contribution in [0, 0.1) is 0 Å². The van der Waals surface area contributed by atoms with Gasteiger partial charge >= 0.3 is 0 Å². The van der Waals surface area contributed by atoms with Crippen LogP contribution in [0.5, 0.6) is 0 Å². The van der Waals surface area contributed by atoms with Gasteiger partial charge in [0, 0.05) is 0 Å². The van der Waals surface area contributed by atoms with Crippen molar-refractivity contribution in [3.8, 4) is 0 Å². The molecule has 0 aliphatic rings. The Morgan fingerprint density at radius 1 is 1.29 bits per heavy atom. The maximum atomic E-state index is 9.78. The zero-order chi connectivity index (χ0) is 15.6. The van der Waals surface area contributed by atoms with Gasteiger partial charge in [-0.1, -0.05) is 11.6 Å². The number of hydrogen-bond acceptors (Lipinski definition) is 7. The van der Waals surface area contributed by atoms with E-state index in [1.54, 1.807) is 11.5 Å². The highest BCUT2D eigenvalue weighted by molar-refractivity contribution is 6.33. The molecular weight excluding hydrogens is 300 g/mol. The summed E-state index contributed by atoms with van der Waals surface area (Å²) in [5.74, 6) is 0. The van der Waals surface area contributed by atoms with Gasteiger partial charge in [0.2, 0.25) is 0 Å². The van der Waals surface area contributed by atoms with Crippen molar-refractivity contribution in [3.05, 3.63) is 17.8 Å². The van der Waals surface area contributed by atoms with Crippen molar-refractivity contribution in [2.24, 2.45) is 0 Å². The Bertz CT molecular complexity index is 606. The van der Waals surface area contributed by atoms with Gasteiger partial charge in [0.1, 0.15) is 30.3 Å². The second-order valence-corrected chi connectivity index (χ2v) is 5.03. The monoisotopic (exact) mass is 316 g/mol. The van der Waals surface area contributed by atoms with E-state index in [1.165, 1.54) is 19.6 Å². The smallest absolute Gasteiger partial charge is 0.166 e. The fourth-order valence-electron chi connectivity index (χ4n) is 1.95. The highest BCUT2D eigenvalue weighted by Crippen LogP contribution is 2.22. The lowest BCUT2D eigenvalue weighted by Gasteiger charge is -2.27. The van der Waals surface area contributed by atoms with Crippen LogP contribution in [0.2, 0.25) is 5.15 Å². The summed E-state index contributed by atoms with van der Waals surface area (Å²) < 4.78 is 7.17. The lowest BCUT2D eigenvalue weighted by molar-refractivity contribution is -0.140. The van der Waals surface area contributed by atoms with Gasteiger partial charge < -0.3 is 20.1 Å². The maximum absolute atomic E-state index is 9.78. The van der Waals surface area contributed by atoms with Gasteiger partial charge in [0.25, 0.3) is 0 Å². The van der Waals surface area contributed by atoms with Crippen LogP contribution in [0.3, 0.4) is 0 Å².